The Labute approximate surface area is 220 Å². The van der Waals surface area contributed by atoms with E-state index in [9.17, 15) is 14.0 Å². The molecular formula is C30H42FN3O3. The number of rotatable bonds is 11. The molecule has 1 aromatic carbocycles. The van der Waals surface area contributed by atoms with E-state index in [4.69, 9.17) is 4.74 Å². The normalized spacial score (nSPS) is 32.6. The number of piperidine rings is 1. The van der Waals surface area contributed by atoms with Crippen LogP contribution in [0, 0.1) is 23.6 Å². The first-order valence-electron chi connectivity index (χ1n) is 14.7. The smallest absolute Gasteiger partial charge is 0.243 e. The average Bonchev–Trinajstić information content (AvgIpc) is 3.27. The second-order valence-corrected chi connectivity index (χ2v) is 12.6. The maximum atomic E-state index is 14.7. The molecule has 6 aliphatic rings. The van der Waals surface area contributed by atoms with Gasteiger partial charge in [-0.3, -0.25) is 19.8 Å². The fourth-order valence-corrected chi connectivity index (χ4v) is 8.46. The number of halogens is 1. The third-order valence-corrected chi connectivity index (χ3v) is 9.80. The van der Waals surface area contributed by atoms with E-state index in [1.165, 1.54) is 63.9 Å². The van der Waals surface area contributed by atoms with Crippen LogP contribution in [0.15, 0.2) is 12.1 Å². The molecule has 2 heterocycles. The molecule has 4 saturated carbocycles. The SMILES string of the molecule is O=C1CCC(N2Cc3ccc(F)c(OCCCCCCCNC45CC6CC(CC(C6)C4)C5)c3C2)C(=O)N1. The van der Waals surface area contributed by atoms with Crippen LogP contribution >= 0.6 is 0 Å². The number of nitrogens with zero attached hydrogens (tertiary/aromatic N) is 1. The first-order valence-corrected chi connectivity index (χ1v) is 14.7. The van der Waals surface area contributed by atoms with E-state index in [0.717, 1.165) is 48.3 Å². The number of unbranched alkanes of at least 4 members (excludes halogenated alkanes) is 4. The second kappa shape index (κ2) is 10.6. The zero-order chi connectivity index (χ0) is 25.4. The molecule has 37 heavy (non-hydrogen) atoms. The Kier molecular flexibility index (Phi) is 7.28. The van der Waals surface area contributed by atoms with E-state index in [1.54, 1.807) is 6.07 Å². The predicted molar refractivity (Wildman–Crippen MR) is 139 cm³/mol. The minimum absolute atomic E-state index is 0.216. The van der Waals surface area contributed by atoms with Gasteiger partial charge in [-0.1, -0.05) is 25.3 Å². The van der Waals surface area contributed by atoms with Gasteiger partial charge in [0.2, 0.25) is 11.8 Å². The number of nitrogens with one attached hydrogen (secondary N) is 2. The van der Waals surface area contributed by atoms with Crippen LogP contribution in [0.25, 0.3) is 0 Å². The lowest BCUT2D eigenvalue weighted by molar-refractivity contribution is -0.137. The number of hydrogen-bond acceptors (Lipinski definition) is 5. The summed E-state index contributed by atoms with van der Waals surface area (Å²) in [5.41, 5.74) is 2.32. The highest BCUT2D eigenvalue weighted by Crippen LogP contribution is 2.55. The van der Waals surface area contributed by atoms with Crippen LogP contribution in [0.4, 0.5) is 4.39 Å². The van der Waals surface area contributed by atoms with Crippen molar-refractivity contribution in [3.8, 4) is 5.75 Å². The Morgan fingerprint density at radius 3 is 2.41 bits per heavy atom. The first kappa shape index (κ1) is 25.3. The van der Waals surface area contributed by atoms with Gasteiger partial charge in [-0.2, -0.15) is 0 Å². The quantitative estimate of drug-likeness (QED) is 0.329. The molecule has 1 aromatic rings. The van der Waals surface area contributed by atoms with Crippen LogP contribution in [0.5, 0.6) is 5.75 Å². The minimum Gasteiger partial charge on any atom is -0.490 e. The molecule has 0 radical (unpaired) electrons. The fraction of sp³-hybridized carbons (Fsp3) is 0.733. The number of benzene rings is 1. The van der Waals surface area contributed by atoms with Gasteiger partial charge < -0.3 is 10.1 Å². The number of hydrogen-bond donors (Lipinski definition) is 2. The Bertz CT molecular complexity index is 992. The van der Waals surface area contributed by atoms with Crippen molar-refractivity contribution >= 4 is 11.8 Å². The van der Waals surface area contributed by atoms with Crippen molar-refractivity contribution in [1.82, 2.24) is 15.5 Å². The second-order valence-electron chi connectivity index (χ2n) is 12.6. The largest absolute Gasteiger partial charge is 0.490 e. The van der Waals surface area contributed by atoms with Crippen LogP contribution in [0.3, 0.4) is 0 Å². The lowest BCUT2D eigenvalue weighted by Crippen LogP contribution is -2.58. The number of imide groups is 1. The molecule has 1 unspecified atom stereocenters. The summed E-state index contributed by atoms with van der Waals surface area (Å²) < 4.78 is 20.6. The molecule has 5 fully saturated rings. The summed E-state index contributed by atoms with van der Waals surface area (Å²) in [7, 11) is 0. The van der Waals surface area contributed by atoms with E-state index in [1.807, 2.05) is 4.90 Å². The minimum atomic E-state index is -0.349. The van der Waals surface area contributed by atoms with Gasteiger partial charge in [0.05, 0.1) is 12.6 Å². The number of amides is 2. The van der Waals surface area contributed by atoms with Crippen LogP contribution in [0.1, 0.15) is 94.6 Å². The third-order valence-electron chi connectivity index (χ3n) is 9.80. The molecule has 6 nitrogen and oxygen atoms in total. The van der Waals surface area contributed by atoms with E-state index in [0.29, 0.717) is 43.8 Å². The van der Waals surface area contributed by atoms with Crippen molar-refractivity contribution in [2.75, 3.05) is 13.2 Å². The Balaban J connectivity index is 0.896. The summed E-state index contributed by atoms with van der Waals surface area (Å²) in [4.78, 5) is 25.8. The molecular weight excluding hydrogens is 469 g/mol. The maximum absolute atomic E-state index is 14.7. The van der Waals surface area contributed by atoms with Crippen molar-refractivity contribution < 1.29 is 18.7 Å². The van der Waals surface area contributed by atoms with Crippen molar-refractivity contribution in [3.05, 3.63) is 29.1 Å². The lowest BCUT2D eigenvalue weighted by Gasteiger charge is -2.57. The van der Waals surface area contributed by atoms with Gasteiger partial charge in [0.1, 0.15) is 0 Å². The zero-order valence-corrected chi connectivity index (χ0v) is 22.0. The summed E-state index contributed by atoms with van der Waals surface area (Å²) >= 11 is 0. The summed E-state index contributed by atoms with van der Waals surface area (Å²) in [5, 5.41) is 6.43. The Morgan fingerprint density at radius 1 is 0.973 bits per heavy atom. The fourth-order valence-electron chi connectivity index (χ4n) is 8.46. The number of ether oxygens (including phenoxy) is 1. The van der Waals surface area contributed by atoms with E-state index >= 15 is 0 Å². The highest BCUT2D eigenvalue weighted by atomic mass is 19.1. The molecule has 4 bridgehead atoms. The van der Waals surface area contributed by atoms with Crippen LogP contribution < -0.4 is 15.4 Å². The van der Waals surface area contributed by atoms with Gasteiger partial charge in [0, 0.05) is 30.6 Å². The number of fused-ring (bicyclic) bond motifs is 1. The molecule has 7 heteroatoms. The molecule has 2 N–H and O–H groups in total. The van der Waals surface area contributed by atoms with Gasteiger partial charge in [0.25, 0.3) is 0 Å². The van der Waals surface area contributed by atoms with Crippen LogP contribution in [0.2, 0.25) is 0 Å². The van der Waals surface area contributed by atoms with Crippen LogP contribution in [-0.4, -0.2) is 41.4 Å². The molecule has 202 valence electrons. The molecule has 0 aromatic heterocycles. The molecule has 2 amide bonds. The van der Waals surface area contributed by atoms with Crippen molar-refractivity contribution in [2.45, 2.75) is 108 Å². The number of carbonyl (C=O) groups is 2. The monoisotopic (exact) mass is 511 g/mol. The summed E-state index contributed by atoms with van der Waals surface area (Å²) in [6, 6.07) is 2.92. The highest BCUT2D eigenvalue weighted by molar-refractivity contribution is 6.00. The molecule has 7 rings (SSSR count). The van der Waals surface area contributed by atoms with Crippen molar-refractivity contribution in [1.29, 1.82) is 0 Å². The Hall–Kier alpha value is -1.99. The summed E-state index contributed by atoms with van der Waals surface area (Å²) in [6.07, 6.45) is 15.3. The van der Waals surface area contributed by atoms with E-state index in [-0.39, 0.29) is 23.7 Å². The van der Waals surface area contributed by atoms with E-state index < -0.39 is 0 Å². The van der Waals surface area contributed by atoms with Crippen LogP contribution in [-0.2, 0) is 22.7 Å². The zero-order valence-electron chi connectivity index (χ0n) is 22.0. The van der Waals surface area contributed by atoms with E-state index in [2.05, 4.69) is 10.6 Å². The highest BCUT2D eigenvalue weighted by Gasteiger charge is 2.50. The summed E-state index contributed by atoms with van der Waals surface area (Å²) in [5.74, 6) is 2.53. The van der Waals surface area contributed by atoms with Crippen molar-refractivity contribution in [3.63, 3.8) is 0 Å². The average molecular weight is 512 g/mol. The molecule has 1 atom stereocenters. The van der Waals surface area contributed by atoms with Gasteiger partial charge in [-0.05, 0) is 93.7 Å². The van der Waals surface area contributed by atoms with Gasteiger partial charge >= 0.3 is 0 Å². The standard InChI is InChI=1S/C30H42FN3O3/c31-25-7-6-23-18-34(26-8-9-27(35)33-29(26)36)19-24(23)28(25)37-11-5-3-1-2-4-10-32-30-15-20-12-21(16-30)14-22(13-20)17-30/h6-7,20-22,26,32H,1-5,8-19H2,(H,33,35,36). The molecule has 4 aliphatic carbocycles. The topological polar surface area (TPSA) is 70.7 Å². The number of carbonyl (C=O) groups excluding carboxylic acids is 2. The van der Waals surface area contributed by atoms with Gasteiger partial charge in [-0.15, -0.1) is 0 Å². The maximum Gasteiger partial charge on any atom is 0.243 e. The predicted octanol–water partition coefficient (Wildman–Crippen LogP) is 4.83. The molecule has 2 aliphatic heterocycles. The van der Waals surface area contributed by atoms with Crippen molar-refractivity contribution in [2.24, 2.45) is 17.8 Å². The lowest BCUT2D eigenvalue weighted by atomic mass is 9.53. The van der Waals surface area contributed by atoms with Gasteiger partial charge in [0.15, 0.2) is 11.6 Å². The molecule has 1 saturated heterocycles. The Morgan fingerprint density at radius 2 is 1.68 bits per heavy atom. The molecule has 0 spiro atoms. The first-order chi connectivity index (χ1) is 18.0. The summed E-state index contributed by atoms with van der Waals surface area (Å²) in [6.45, 7) is 2.71. The third kappa shape index (κ3) is 5.44. The van der Waals surface area contributed by atoms with Gasteiger partial charge in [-0.25, -0.2) is 4.39 Å².